The highest BCUT2D eigenvalue weighted by molar-refractivity contribution is 6.30. The topological polar surface area (TPSA) is 68.0 Å². The molecule has 0 saturated carbocycles. The number of benzene rings is 2. The Morgan fingerprint density at radius 1 is 1.00 bits per heavy atom. The van der Waals surface area contributed by atoms with Crippen LogP contribution in [0.1, 0.15) is 27.7 Å². The number of hydrogen-bond acceptors (Lipinski definition) is 4. The number of rotatable bonds is 5. The quantitative estimate of drug-likeness (QED) is 0.781. The summed E-state index contributed by atoms with van der Waals surface area (Å²) >= 11 is 5.82. The number of carbonyl (C=O) groups is 1. The molecule has 1 aromatic heterocycles. The van der Waals surface area contributed by atoms with Crippen LogP contribution in [0.25, 0.3) is 0 Å². The van der Waals surface area contributed by atoms with Crippen LogP contribution in [0.2, 0.25) is 5.02 Å². The van der Waals surface area contributed by atoms with Gasteiger partial charge in [0.15, 0.2) is 0 Å². The van der Waals surface area contributed by atoms with E-state index in [1.165, 1.54) is 0 Å². The van der Waals surface area contributed by atoms with Gasteiger partial charge in [0, 0.05) is 11.6 Å². The molecule has 0 saturated heterocycles. The molecule has 5 nitrogen and oxygen atoms in total. The van der Waals surface area contributed by atoms with E-state index in [1.807, 2.05) is 42.5 Å². The van der Waals surface area contributed by atoms with Crippen LogP contribution in [0.5, 0.6) is 0 Å². The first-order valence-electron chi connectivity index (χ1n) is 7.09. The van der Waals surface area contributed by atoms with Crippen LogP contribution in [0, 0.1) is 0 Å². The van der Waals surface area contributed by atoms with Gasteiger partial charge in [-0.1, -0.05) is 54.1 Å². The first-order valence-corrected chi connectivity index (χ1v) is 7.47. The van der Waals surface area contributed by atoms with Crippen molar-refractivity contribution in [2.75, 3.05) is 0 Å². The van der Waals surface area contributed by atoms with Gasteiger partial charge < -0.3 is 9.73 Å². The average Bonchev–Trinajstić information content (AvgIpc) is 3.03. The largest absolute Gasteiger partial charge is 0.417 e. The molecular weight excluding hydrogens is 314 g/mol. The predicted molar refractivity (Wildman–Crippen MR) is 86.2 cm³/mol. The highest BCUT2D eigenvalue weighted by Crippen LogP contribution is 2.10. The van der Waals surface area contributed by atoms with Crippen LogP contribution in [0.4, 0.5) is 0 Å². The molecule has 0 aliphatic heterocycles. The Kier molecular flexibility index (Phi) is 4.68. The molecule has 3 rings (SSSR count). The molecule has 0 fully saturated rings. The van der Waals surface area contributed by atoms with Crippen molar-refractivity contribution in [1.82, 2.24) is 15.5 Å². The Bertz CT molecular complexity index is 785. The fraction of sp³-hybridized carbons (Fsp3) is 0.118. The van der Waals surface area contributed by atoms with Gasteiger partial charge >= 0.3 is 11.8 Å². The zero-order chi connectivity index (χ0) is 16.1. The maximum Gasteiger partial charge on any atom is 0.309 e. The van der Waals surface area contributed by atoms with Crippen LogP contribution in [-0.2, 0) is 13.0 Å². The van der Waals surface area contributed by atoms with Crippen LogP contribution in [-0.4, -0.2) is 16.1 Å². The summed E-state index contributed by atoms with van der Waals surface area (Å²) in [4.78, 5) is 12.0. The minimum absolute atomic E-state index is 0.0371. The van der Waals surface area contributed by atoms with Crippen LogP contribution in [0.15, 0.2) is 59.0 Å². The number of nitrogens with zero attached hydrogens (tertiary/aromatic N) is 2. The zero-order valence-corrected chi connectivity index (χ0v) is 13.0. The summed E-state index contributed by atoms with van der Waals surface area (Å²) in [5.41, 5.74) is 1.98. The maximum absolute atomic E-state index is 12.0. The summed E-state index contributed by atoms with van der Waals surface area (Å²) in [7, 11) is 0. The molecule has 6 heteroatoms. The fourth-order valence-electron chi connectivity index (χ4n) is 2.05. The van der Waals surface area contributed by atoms with Crippen molar-refractivity contribution in [2.45, 2.75) is 13.0 Å². The SMILES string of the molecule is O=C(NCc1ccc(Cl)cc1)c1nnc(Cc2ccccc2)o1. The van der Waals surface area contributed by atoms with E-state index in [1.54, 1.807) is 12.1 Å². The molecule has 2 aromatic carbocycles. The lowest BCUT2D eigenvalue weighted by atomic mass is 10.2. The number of halogens is 1. The van der Waals surface area contributed by atoms with Crippen LogP contribution < -0.4 is 5.32 Å². The van der Waals surface area contributed by atoms with Gasteiger partial charge in [0.1, 0.15) is 0 Å². The minimum atomic E-state index is -0.397. The highest BCUT2D eigenvalue weighted by atomic mass is 35.5. The van der Waals surface area contributed by atoms with Crippen LogP contribution in [0.3, 0.4) is 0 Å². The van der Waals surface area contributed by atoms with E-state index in [-0.39, 0.29) is 5.89 Å². The Hall–Kier alpha value is -2.66. The Morgan fingerprint density at radius 2 is 1.74 bits per heavy atom. The van der Waals surface area contributed by atoms with Crippen molar-refractivity contribution < 1.29 is 9.21 Å². The molecule has 0 radical (unpaired) electrons. The Balaban J connectivity index is 1.59. The lowest BCUT2D eigenvalue weighted by molar-refractivity contribution is 0.0914. The second-order valence-corrected chi connectivity index (χ2v) is 5.41. The normalized spacial score (nSPS) is 10.5. The van der Waals surface area contributed by atoms with Gasteiger partial charge in [-0.15, -0.1) is 10.2 Å². The molecule has 23 heavy (non-hydrogen) atoms. The van der Waals surface area contributed by atoms with E-state index >= 15 is 0 Å². The van der Waals surface area contributed by atoms with Crippen molar-refractivity contribution in [3.8, 4) is 0 Å². The first-order chi connectivity index (χ1) is 11.2. The maximum atomic E-state index is 12.0. The van der Waals surface area contributed by atoms with E-state index in [0.717, 1.165) is 11.1 Å². The monoisotopic (exact) mass is 327 g/mol. The Morgan fingerprint density at radius 3 is 2.48 bits per heavy atom. The van der Waals surface area contributed by atoms with Gasteiger partial charge in [-0.2, -0.15) is 0 Å². The fourth-order valence-corrected chi connectivity index (χ4v) is 2.17. The number of amides is 1. The zero-order valence-electron chi connectivity index (χ0n) is 12.2. The minimum Gasteiger partial charge on any atom is -0.417 e. The number of hydrogen-bond donors (Lipinski definition) is 1. The molecule has 1 amide bonds. The van der Waals surface area contributed by atoms with Gasteiger partial charge in [0.25, 0.3) is 0 Å². The summed E-state index contributed by atoms with van der Waals surface area (Å²) in [5.74, 6) is -0.0236. The summed E-state index contributed by atoms with van der Waals surface area (Å²) in [5, 5.41) is 11.1. The molecule has 3 aromatic rings. The summed E-state index contributed by atoms with van der Waals surface area (Å²) in [6, 6.07) is 17.0. The highest BCUT2D eigenvalue weighted by Gasteiger charge is 2.14. The summed E-state index contributed by atoms with van der Waals surface area (Å²) in [6.07, 6.45) is 0.498. The predicted octanol–water partition coefficient (Wildman–Crippen LogP) is 3.24. The van der Waals surface area contributed by atoms with Gasteiger partial charge in [0.2, 0.25) is 5.89 Å². The number of aromatic nitrogens is 2. The van der Waals surface area contributed by atoms with E-state index in [4.69, 9.17) is 16.0 Å². The number of carbonyl (C=O) groups excluding carboxylic acids is 1. The number of nitrogens with one attached hydrogen (secondary N) is 1. The van der Waals surface area contributed by atoms with Gasteiger partial charge in [-0.25, -0.2) is 0 Å². The third kappa shape index (κ3) is 4.17. The van der Waals surface area contributed by atoms with Crippen molar-refractivity contribution in [2.24, 2.45) is 0 Å². The van der Waals surface area contributed by atoms with Crippen molar-refractivity contribution in [3.05, 3.63) is 82.5 Å². The van der Waals surface area contributed by atoms with E-state index in [0.29, 0.717) is 23.9 Å². The van der Waals surface area contributed by atoms with Gasteiger partial charge in [-0.05, 0) is 23.3 Å². The van der Waals surface area contributed by atoms with Gasteiger partial charge in [0.05, 0.1) is 6.42 Å². The molecule has 116 valence electrons. The lowest BCUT2D eigenvalue weighted by Gasteiger charge is -2.02. The summed E-state index contributed by atoms with van der Waals surface area (Å²) < 4.78 is 5.40. The third-order valence-corrected chi connectivity index (χ3v) is 3.48. The van der Waals surface area contributed by atoms with E-state index in [2.05, 4.69) is 15.5 Å². The molecule has 0 aliphatic rings. The van der Waals surface area contributed by atoms with Gasteiger partial charge in [-0.3, -0.25) is 4.79 Å². The van der Waals surface area contributed by atoms with Crippen molar-refractivity contribution in [3.63, 3.8) is 0 Å². The smallest absolute Gasteiger partial charge is 0.309 e. The van der Waals surface area contributed by atoms with E-state index in [9.17, 15) is 4.79 Å². The lowest BCUT2D eigenvalue weighted by Crippen LogP contribution is -2.23. The summed E-state index contributed by atoms with van der Waals surface area (Å²) in [6.45, 7) is 0.367. The molecule has 0 bridgehead atoms. The van der Waals surface area contributed by atoms with Crippen LogP contribution >= 0.6 is 11.6 Å². The first kappa shape index (κ1) is 15.2. The van der Waals surface area contributed by atoms with Crippen molar-refractivity contribution in [1.29, 1.82) is 0 Å². The molecule has 0 unspecified atom stereocenters. The van der Waals surface area contributed by atoms with Crippen molar-refractivity contribution >= 4 is 17.5 Å². The molecule has 1 heterocycles. The molecule has 0 spiro atoms. The third-order valence-electron chi connectivity index (χ3n) is 3.23. The Labute approximate surface area is 138 Å². The molecule has 0 aliphatic carbocycles. The second-order valence-electron chi connectivity index (χ2n) is 4.97. The molecule has 1 N–H and O–H groups in total. The standard InChI is InChI=1S/C17H14ClN3O2/c18-14-8-6-13(7-9-14)11-19-16(22)17-21-20-15(23-17)10-12-4-2-1-3-5-12/h1-9H,10-11H2,(H,19,22). The van der Waals surface area contributed by atoms with E-state index < -0.39 is 5.91 Å². The molecule has 0 atom stereocenters. The average molecular weight is 328 g/mol. The molecular formula is C17H14ClN3O2. The second kappa shape index (κ2) is 7.07.